The lowest BCUT2D eigenvalue weighted by atomic mass is 10.2. The molecular formula is C10H13N3O4S. The summed E-state index contributed by atoms with van der Waals surface area (Å²) in [4.78, 5) is 28.2. The molecule has 0 aliphatic carbocycles. The first-order valence-corrected chi connectivity index (χ1v) is 6.35. The van der Waals surface area contributed by atoms with Gasteiger partial charge in [-0.2, -0.15) is 0 Å². The number of aromatic nitrogens is 1. The van der Waals surface area contributed by atoms with Gasteiger partial charge in [-0.15, -0.1) is 11.3 Å². The molecule has 0 radical (unpaired) electrons. The Morgan fingerprint density at radius 1 is 1.67 bits per heavy atom. The molecule has 1 atom stereocenters. The SMILES string of the molecule is O=C(O)C1COCCN1C(=O)NCc1cscn1. The lowest BCUT2D eigenvalue weighted by Gasteiger charge is -2.32. The van der Waals surface area contributed by atoms with Gasteiger partial charge >= 0.3 is 12.0 Å². The number of nitrogens with zero attached hydrogens (tertiary/aromatic N) is 2. The molecule has 1 unspecified atom stereocenters. The van der Waals surface area contributed by atoms with E-state index in [9.17, 15) is 9.59 Å². The molecule has 1 saturated heterocycles. The molecule has 2 N–H and O–H groups in total. The summed E-state index contributed by atoms with van der Waals surface area (Å²) in [6.07, 6.45) is 0. The van der Waals surface area contributed by atoms with Gasteiger partial charge in [-0.3, -0.25) is 0 Å². The van der Waals surface area contributed by atoms with Crippen molar-refractivity contribution in [2.75, 3.05) is 19.8 Å². The quantitative estimate of drug-likeness (QED) is 0.815. The number of hydrogen-bond acceptors (Lipinski definition) is 5. The van der Waals surface area contributed by atoms with Crippen molar-refractivity contribution >= 4 is 23.3 Å². The number of urea groups is 1. The summed E-state index contributed by atoms with van der Waals surface area (Å²) in [6.45, 7) is 0.958. The van der Waals surface area contributed by atoms with Gasteiger partial charge in [-0.05, 0) is 0 Å². The van der Waals surface area contributed by atoms with Crippen LogP contribution in [0.2, 0.25) is 0 Å². The number of carbonyl (C=O) groups is 2. The highest BCUT2D eigenvalue weighted by Gasteiger charge is 2.32. The second-order valence-electron chi connectivity index (χ2n) is 3.76. The summed E-state index contributed by atoms with van der Waals surface area (Å²) < 4.78 is 5.06. The monoisotopic (exact) mass is 271 g/mol. The first-order chi connectivity index (χ1) is 8.68. The van der Waals surface area contributed by atoms with Crippen LogP contribution >= 0.6 is 11.3 Å². The Bertz CT molecular complexity index is 423. The topological polar surface area (TPSA) is 91.8 Å². The fourth-order valence-corrected chi connectivity index (χ4v) is 2.20. The van der Waals surface area contributed by atoms with Gasteiger partial charge in [0, 0.05) is 11.9 Å². The average Bonchev–Trinajstić information content (AvgIpc) is 2.89. The van der Waals surface area contributed by atoms with Gasteiger partial charge in [0.2, 0.25) is 0 Å². The summed E-state index contributed by atoms with van der Waals surface area (Å²) >= 11 is 1.44. The van der Waals surface area contributed by atoms with E-state index >= 15 is 0 Å². The van der Waals surface area contributed by atoms with Crippen molar-refractivity contribution in [3.05, 3.63) is 16.6 Å². The lowest BCUT2D eigenvalue weighted by Crippen LogP contribution is -2.55. The average molecular weight is 271 g/mol. The first kappa shape index (κ1) is 12.8. The fraction of sp³-hybridized carbons (Fsp3) is 0.500. The van der Waals surface area contributed by atoms with Crippen molar-refractivity contribution in [1.82, 2.24) is 15.2 Å². The highest BCUT2D eigenvalue weighted by molar-refractivity contribution is 7.07. The summed E-state index contributed by atoms with van der Waals surface area (Å²) in [6, 6.07) is -1.33. The normalized spacial score (nSPS) is 19.6. The van der Waals surface area contributed by atoms with E-state index in [0.29, 0.717) is 13.2 Å². The number of morpholine rings is 1. The van der Waals surface area contributed by atoms with E-state index in [1.54, 1.807) is 5.51 Å². The second-order valence-corrected chi connectivity index (χ2v) is 4.48. The summed E-state index contributed by atoms with van der Waals surface area (Å²) in [5.41, 5.74) is 2.43. The molecule has 1 aromatic rings. The molecule has 0 saturated carbocycles. The van der Waals surface area contributed by atoms with Gasteiger partial charge in [0.1, 0.15) is 0 Å². The molecule has 18 heavy (non-hydrogen) atoms. The van der Waals surface area contributed by atoms with Crippen molar-refractivity contribution in [1.29, 1.82) is 0 Å². The molecule has 1 aliphatic rings. The van der Waals surface area contributed by atoms with Crippen molar-refractivity contribution in [3.63, 3.8) is 0 Å². The largest absolute Gasteiger partial charge is 0.480 e. The van der Waals surface area contributed by atoms with Crippen LogP contribution in [0.3, 0.4) is 0 Å². The van der Waals surface area contributed by atoms with Crippen LogP contribution in [0.15, 0.2) is 10.9 Å². The van der Waals surface area contributed by atoms with Crippen LogP contribution in [0.4, 0.5) is 4.79 Å². The second kappa shape index (κ2) is 5.78. The zero-order chi connectivity index (χ0) is 13.0. The minimum atomic E-state index is -1.06. The first-order valence-electron chi connectivity index (χ1n) is 5.40. The van der Waals surface area contributed by atoms with Crippen molar-refractivity contribution in [2.24, 2.45) is 0 Å². The van der Waals surface area contributed by atoms with Crippen LogP contribution in [0.25, 0.3) is 0 Å². The number of rotatable bonds is 3. The summed E-state index contributed by atoms with van der Waals surface area (Å²) in [7, 11) is 0. The number of nitrogens with one attached hydrogen (secondary N) is 1. The Morgan fingerprint density at radius 3 is 3.17 bits per heavy atom. The fourth-order valence-electron chi connectivity index (χ4n) is 1.64. The third-order valence-corrected chi connectivity index (χ3v) is 3.21. The molecule has 2 rings (SSSR count). The Morgan fingerprint density at radius 2 is 2.50 bits per heavy atom. The Hall–Kier alpha value is -1.67. The maximum atomic E-state index is 11.9. The van der Waals surface area contributed by atoms with Gasteiger partial charge in [-0.1, -0.05) is 0 Å². The summed E-state index contributed by atoms with van der Waals surface area (Å²) in [5, 5.41) is 13.5. The number of ether oxygens (including phenoxy) is 1. The van der Waals surface area contributed by atoms with Crippen molar-refractivity contribution in [3.8, 4) is 0 Å². The molecule has 98 valence electrons. The van der Waals surface area contributed by atoms with Crippen molar-refractivity contribution in [2.45, 2.75) is 12.6 Å². The van der Waals surface area contributed by atoms with Crippen molar-refractivity contribution < 1.29 is 19.4 Å². The Balaban J connectivity index is 1.92. The minimum Gasteiger partial charge on any atom is -0.480 e. The van der Waals surface area contributed by atoms with Crippen LogP contribution < -0.4 is 5.32 Å². The number of hydrogen-bond donors (Lipinski definition) is 2. The van der Waals surface area contributed by atoms with E-state index in [2.05, 4.69) is 10.3 Å². The zero-order valence-electron chi connectivity index (χ0n) is 9.54. The predicted octanol–water partition coefficient (Wildman–Crippen LogP) is 0.138. The Kier molecular flexibility index (Phi) is 4.11. The van der Waals surface area contributed by atoms with Gasteiger partial charge in [0.25, 0.3) is 0 Å². The van der Waals surface area contributed by atoms with Gasteiger partial charge < -0.3 is 20.1 Å². The van der Waals surface area contributed by atoms with Crippen LogP contribution in [0.1, 0.15) is 5.69 Å². The van der Waals surface area contributed by atoms with Crippen LogP contribution in [-0.4, -0.2) is 52.8 Å². The standard InChI is InChI=1S/C10H13N3O4S/c14-9(15)8-4-17-2-1-13(8)10(16)11-3-7-5-18-6-12-7/h5-6,8H,1-4H2,(H,11,16)(H,14,15). The highest BCUT2D eigenvalue weighted by Crippen LogP contribution is 2.08. The number of carbonyl (C=O) groups excluding carboxylic acids is 1. The molecule has 0 bridgehead atoms. The molecule has 8 heteroatoms. The number of amides is 2. The van der Waals surface area contributed by atoms with Gasteiger partial charge in [0.15, 0.2) is 6.04 Å². The van der Waals surface area contributed by atoms with E-state index in [0.717, 1.165) is 5.69 Å². The molecule has 2 amide bonds. The third kappa shape index (κ3) is 2.96. The van der Waals surface area contributed by atoms with E-state index < -0.39 is 18.0 Å². The number of carboxylic acids is 1. The zero-order valence-corrected chi connectivity index (χ0v) is 10.4. The van der Waals surface area contributed by atoms with Crippen LogP contribution in [0.5, 0.6) is 0 Å². The number of thiazole rings is 1. The van der Waals surface area contributed by atoms with Crippen LogP contribution in [-0.2, 0) is 16.1 Å². The molecule has 0 spiro atoms. The molecule has 1 fully saturated rings. The maximum Gasteiger partial charge on any atom is 0.328 e. The molecule has 1 aromatic heterocycles. The maximum absolute atomic E-state index is 11.9. The minimum absolute atomic E-state index is 0.0272. The van der Waals surface area contributed by atoms with Gasteiger partial charge in [-0.25, -0.2) is 14.6 Å². The van der Waals surface area contributed by atoms with Crippen LogP contribution in [0, 0.1) is 0 Å². The van der Waals surface area contributed by atoms with E-state index in [4.69, 9.17) is 9.84 Å². The lowest BCUT2D eigenvalue weighted by molar-refractivity contribution is -0.147. The van der Waals surface area contributed by atoms with E-state index in [-0.39, 0.29) is 13.2 Å². The summed E-state index contributed by atoms with van der Waals surface area (Å²) in [5.74, 6) is -1.06. The Labute approximate surface area is 107 Å². The number of carboxylic acid groups (broad SMARTS) is 1. The van der Waals surface area contributed by atoms with E-state index in [1.165, 1.54) is 16.2 Å². The molecule has 1 aliphatic heterocycles. The molecular weight excluding hydrogens is 258 g/mol. The van der Waals surface area contributed by atoms with Gasteiger partial charge in [0.05, 0.1) is 31.0 Å². The molecule has 2 heterocycles. The van der Waals surface area contributed by atoms with E-state index in [1.807, 2.05) is 5.38 Å². The highest BCUT2D eigenvalue weighted by atomic mass is 32.1. The molecule has 7 nitrogen and oxygen atoms in total. The molecule has 0 aromatic carbocycles. The third-order valence-electron chi connectivity index (χ3n) is 2.58. The smallest absolute Gasteiger partial charge is 0.328 e. The predicted molar refractivity (Wildman–Crippen MR) is 63.3 cm³/mol. The number of aliphatic carboxylic acids is 1.